The zero-order valence-corrected chi connectivity index (χ0v) is 10.5. The molecule has 0 aliphatic heterocycles. The van der Waals surface area contributed by atoms with Gasteiger partial charge in [-0.2, -0.15) is 0 Å². The van der Waals surface area contributed by atoms with Crippen molar-refractivity contribution in [3.8, 4) is 5.75 Å². The van der Waals surface area contributed by atoms with Gasteiger partial charge in [0.25, 0.3) is 11.6 Å². The Bertz CT molecular complexity index is 733. The van der Waals surface area contributed by atoms with E-state index in [2.05, 4.69) is 5.32 Å². The average molecular weight is 291 g/mol. The molecule has 4 N–H and O–H groups in total. The van der Waals surface area contributed by atoms with Crippen LogP contribution in [0.1, 0.15) is 10.4 Å². The predicted molar refractivity (Wildman–Crippen MR) is 73.5 cm³/mol. The monoisotopic (exact) mass is 291 g/mol. The number of nitro benzene ring substituents is 1. The summed E-state index contributed by atoms with van der Waals surface area (Å²) < 4.78 is 13.1. The summed E-state index contributed by atoms with van der Waals surface area (Å²) in [6, 6.07) is 6.39. The molecular formula is C13H10FN3O4. The molecule has 7 nitrogen and oxygen atoms in total. The van der Waals surface area contributed by atoms with Crippen LogP contribution in [0.15, 0.2) is 36.4 Å². The fourth-order valence-electron chi connectivity index (χ4n) is 1.65. The fraction of sp³-hybridized carbons (Fsp3) is 0. The Kier molecular flexibility index (Phi) is 3.70. The second kappa shape index (κ2) is 5.45. The minimum atomic E-state index is -0.789. The van der Waals surface area contributed by atoms with E-state index in [0.29, 0.717) is 0 Å². The molecule has 2 rings (SSSR count). The van der Waals surface area contributed by atoms with Crippen molar-refractivity contribution in [1.82, 2.24) is 0 Å². The summed E-state index contributed by atoms with van der Waals surface area (Å²) >= 11 is 0. The number of nitrogens with zero attached hydrogens (tertiary/aromatic N) is 1. The molecule has 0 aromatic heterocycles. The maximum absolute atomic E-state index is 13.1. The van der Waals surface area contributed by atoms with Crippen LogP contribution in [-0.4, -0.2) is 15.9 Å². The van der Waals surface area contributed by atoms with Gasteiger partial charge in [-0.3, -0.25) is 14.9 Å². The van der Waals surface area contributed by atoms with E-state index in [1.807, 2.05) is 0 Å². The van der Waals surface area contributed by atoms with Gasteiger partial charge in [-0.15, -0.1) is 0 Å². The number of benzene rings is 2. The topological polar surface area (TPSA) is 118 Å². The molecule has 2 aromatic carbocycles. The van der Waals surface area contributed by atoms with Crippen LogP contribution in [0, 0.1) is 15.9 Å². The number of carbonyl (C=O) groups is 1. The van der Waals surface area contributed by atoms with Gasteiger partial charge < -0.3 is 16.2 Å². The lowest BCUT2D eigenvalue weighted by Crippen LogP contribution is -2.14. The van der Waals surface area contributed by atoms with Gasteiger partial charge in [-0.1, -0.05) is 0 Å². The number of nitrogens with two attached hydrogens (primary N) is 1. The van der Waals surface area contributed by atoms with Crippen LogP contribution in [0.5, 0.6) is 5.75 Å². The maximum Gasteiger partial charge on any atom is 0.271 e. The smallest absolute Gasteiger partial charge is 0.271 e. The first-order chi connectivity index (χ1) is 9.88. The lowest BCUT2D eigenvalue weighted by molar-refractivity contribution is -0.384. The second-order valence-corrected chi connectivity index (χ2v) is 4.14. The summed E-state index contributed by atoms with van der Waals surface area (Å²) in [5, 5.41) is 22.5. The highest BCUT2D eigenvalue weighted by molar-refractivity contribution is 6.08. The highest BCUT2D eigenvalue weighted by Gasteiger charge is 2.16. The zero-order chi connectivity index (χ0) is 15.6. The minimum Gasteiger partial charge on any atom is -0.506 e. The number of rotatable bonds is 3. The molecule has 0 aliphatic carbocycles. The zero-order valence-electron chi connectivity index (χ0n) is 10.5. The van der Waals surface area contributed by atoms with Crippen LogP contribution in [0.4, 0.5) is 21.5 Å². The number of nitro groups is 1. The number of carbonyl (C=O) groups excluding carboxylic acids is 1. The van der Waals surface area contributed by atoms with E-state index in [4.69, 9.17) is 5.73 Å². The largest absolute Gasteiger partial charge is 0.506 e. The number of anilines is 2. The average Bonchev–Trinajstić information content (AvgIpc) is 2.43. The molecule has 0 aliphatic rings. The molecule has 0 radical (unpaired) electrons. The van der Waals surface area contributed by atoms with E-state index in [1.54, 1.807) is 0 Å². The molecule has 108 valence electrons. The van der Waals surface area contributed by atoms with Gasteiger partial charge in [0.15, 0.2) is 0 Å². The van der Waals surface area contributed by atoms with Crippen molar-refractivity contribution < 1.29 is 19.2 Å². The summed E-state index contributed by atoms with van der Waals surface area (Å²) in [6.07, 6.45) is 0. The number of phenols is 1. The molecule has 0 atom stereocenters. The first-order valence-corrected chi connectivity index (χ1v) is 5.72. The Morgan fingerprint density at radius 2 is 2.00 bits per heavy atom. The molecule has 0 saturated heterocycles. The first-order valence-electron chi connectivity index (χ1n) is 5.72. The lowest BCUT2D eigenvalue weighted by Gasteiger charge is -2.09. The maximum atomic E-state index is 13.1. The Morgan fingerprint density at radius 3 is 2.67 bits per heavy atom. The van der Waals surface area contributed by atoms with Crippen LogP contribution < -0.4 is 11.1 Å². The molecule has 0 bridgehead atoms. The number of nitrogen functional groups attached to an aromatic ring is 1. The Labute approximate surface area is 118 Å². The summed E-state index contributed by atoms with van der Waals surface area (Å²) in [5.41, 5.74) is 4.99. The normalized spacial score (nSPS) is 10.1. The second-order valence-electron chi connectivity index (χ2n) is 4.14. The molecule has 0 heterocycles. The van der Waals surface area contributed by atoms with E-state index in [0.717, 1.165) is 30.3 Å². The number of aromatic hydroxyl groups is 1. The third-order valence-electron chi connectivity index (χ3n) is 2.70. The van der Waals surface area contributed by atoms with Crippen molar-refractivity contribution in [1.29, 1.82) is 0 Å². The van der Waals surface area contributed by atoms with Crippen LogP contribution >= 0.6 is 0 Å². The SMILES string of the molecule is Nc1ccc(F)cc1C(=O)Nc1cc([N+](=O)[O-])ccc1O. The number of hydrogen-bond acceptors (Lipinski definition) is 5. The third kappa shape index (κ3) is 3.06. The third-order valence-corrected chi connectivity index (χ3v) is 2.70. The Hall–Kier alpha value is -3.16. The molecule has 0 spiro atoms. The first kappa shape index (κ1) is 14.3. The molecule has 21 heavy (non-hydrogen) atoms. The van der Waals surface area contributed by atoms with Gasteiger partial charge in [-0.25, -0.2) is 4.39 Å². The predicted octanol–water partition coefficient (Wildman–Crippen LogP) is 2.27. The van der Waals surface area contributed by atoms with Gasteiger partial charge in [0, 0.05) is 17.8 Å². The highest BCUT2D eigenvalue weighted by Crippen LogP contribution is 2.28. The highest BCUT2D eigenvalue weighted by atomic mass is 19.1. The number of nitrogens with one attached hydrogen (secondary N) is 1. The number of amides is 1. The molecule has 1 amide bonds. The summed E-state index contributed by atoms with van der Waals surface area (Å²) in [6.45, 7) is 0. The van der Waals surface area contributed by atoms with Gasteiger partial charge >= 0.3 is 0 Å². The van der Waals surface area contributed by atoms with E-state index in [9.17, 15) is 24.4 Å². The Balaban J connectivity index is 2.33. The van der Waals surface area contributed by atoms with E-state index in [1.165, 1.54) is 6.07 Å². The molecular weight excluding hydrogens is 281 g/mol. The Morgan fingerprint density at radius 1 is 1.29 bits per heavy atom. The number of phenolic OH excluding ortho intramolecular Hbond substituents is 1. The van der Waals surface area contributed by atoms with Gasteiger partial charge in [-0.05, 0) is 24.3 Å². The van der Waals surface area contributed by atoms with Crippen LogP contribution in [-0.2, 0) is 0 Å². The summed E-state index contributed by atoms with van der Waals surface area (Å²) in [7, 11) is 0. The minimum absolute atomic E-state index is 0.0406. The summed E-state index contributed by atoms with van der Waals surface area (Å²) in [4.78, 5) is 22.0. The van der Waals surface area contributed by atoms with Crippen molar-refractivity contribution in [2.75, 3.05) is 11.1 Å². The van der Waals surface area contributed by atoms with Crippen molar-refractivity contribution in [3.05, 3.63) is 57.9 Å². The number of hydrogen-bond donors (Lipinski definition) is 3. The van der Waals surface area contributed by atoms with Gasteiger partial charge in [0.05, 0.1) is 16.2 Å². The van der Waals surface area contributed by atoms with Crippen LogP contribution in [0.3, 0.4) is 0 Å². The fourth-order valence-corrected chi connectivity index (χ4v) is 1.65. The standard InChI is InChI=1S/C13H10FN3O4/c14-7-1-3-10(15)9(5-7)13(19)16-11-6-8(17(20)21)2-4-12(11)18/h1-6,18H,15H2,(H,16,19). The molecule has 0 fully saturated rings. The summed E-state index contributed by atoms with van der Waals surface area (Å²) in [5.74, 6) is -1.80. The molecule has 0 unspecified atom stereocenters. The molecule has 0 saturated carbocycles. The van der Waals surface area contributed by atoms with Gasteiger partial charge in [0.2, 0.25) is 0 Å². The van der Waals surface area contributed by atoms with E-state index in [-0.39, 0.29) is 28.4 Å². The van der Waals surface area contributed by atoms with Gasteiger partial charge in [0.1, 0.15) is 11.6 Å². The number of halogens is 1. The number of non-ortho nitro benzene ring substituents is 1. The van der Waals surface area contributed by atoms with Crippen molar-refractivity contribution in [3.63, 3.8) is 0 Å². The van der Waals surface area contributed by atoms with Crippen LogP contribution in [0.25, 0.3) is 0 Å². The lowest BCUT2D eigenvalue weighted by atomic mass is 10.1. The quantitative estimate of drug-likeness (QED) is 0.347. The van der Waals surface area contributed by atoms with Crippen molar-refractivity contribution in [2.24, 2.45) is 0 Å². The molecule has 8 heteroatoms. The van der Waals surface area contributed by atoms with Crippen LogP contribution in [0.2, 0.25) is 0 Å². The van der Waals surface area contributed by atoms with Crippen molar-refractivity contribution >= 4 is 23.0 Å². The van der Waals surface area contributed by atoms with E-state index < -0.39 is 16.6 Å². The van der Waals surface area contributed by atoms with E-state index >= 15 is 0 Å². The molecule has 2 aromatic rings. The van der Waals surface area contributed by atoms with Crippen molar-refractivity contribution in [2.45, 2.75) is 0 Å².